The van der Waals surface area contributed by atoms with E-state index in [0.717, 1.165) is 0 Å². The molecule has 1 rings (SSSR count). The van der Waals surface area contributed by atoms with Crippen LogP contribution in [0.15, 0.2) is 12.1 Å². The van der Waals surface area contributed by atoms with E-state index in [4.69, 9.17) is 22.1 Å². The minimum atomic E-state index is -0.591. The van der Waals surface area contributed by atoms with E-state index in [-0.39, 0.29) is 16.6 Å². The number of halogens is 2. The highest BCUT2D eigenvalue weighted by molar-refractivity contribution is 6.31. The van der Waals surface area contributed by atoms with E-state index in [9.17, 15) is 9.18 Å². The second-order valence-electron chi connectivity index (χ2n) is 4.70. The third-order valence-corrected chi connectivity index (χ3v) is 2.90. The van der Waals surface area contributed by atoms with Crippen LogP contribution in [0.4, 0.5) is 15.8 Å². The largest absolute Gasteiger partial charge is 0.467 e. The average molecular weight is 289 g/mol. The molecule has 3 N–H and O–H groups in total. The molecule has 0 amide bonds. The van der Waals surface area contributed by atoms with Gasteiger partial charge in [0.2, 0.25) is 0 Å². The predicted molar refractivity (Wildman–Crippen MR) is 74.7 cm³/mol. The molecule has 0 heterocycles. The first-order chi connectivity index (χ1) is 8.85. The van der Waals surface area contributed by atoms with Gasteiger partial charge in [-0.1, -0.05) is 25.4 Å². The van der Waals surface area contributed by atoms with Gasteiger partial charge in [0.25, 0.3) is 0 Å². The van der Waals surface area contributed by atoms with Gasteiger partial charge in [0, 0.05) is 6.07 Å². The van der Waals surface area contributed by atoms with Gasteiger partial charge in [-0.05, 0) is 18.4 Å². The molecule has 106 valence electrons. The second-order valence-corrected chi connectivity index (χ2v) is 5.11. The van der Waals surface area contributed by atoms with Gasteiger partial charge in [-0.15, -0.1) is 0 Å². The standard InChI is InChI=1S/C13H18ClFN2O2/c1-7(2)4-12(13(18)19-3)17-11-6-9(15)8(14)5-10(11)16/h5-7,12,17H,4,16H2,1-3H3. The van der Waals surface area contributed by atoms with Crippen molar-refractivity contribution in [2.24, 2.45) is 5.92 Å². The van der Waals surface area contributed by atoms with E-state index in [1.54, 1.807) is 0 Å². The number of ether oxygens (including phenoxy) is 1. The van der Waals surface area contributed by atoms with Gasteiger partial charge < -0.3 is 15.8 Å². The molecule has 1 unspecified atom stereocenters. The topological polar surface area (TPSA) is 64.3 Å². The lowest BCUT2D eigenvalue weighted by Crippen LogP contribution is -2.32. The molecule has 1 atom stereocenters. The summed E-state index contributed by atoms with van der Waals surface area (Å²) in [5, 5.41) is 2.85. The van der Waals surface area contributed by atoms with Gasteiger partial charge >= 0.3 is 5.97 Å². The predicted octanol–water partition coefficient (Wildman–Crippen LogP) is 3.06. The van der Waals surface area contributed by atoms with Crippen molar-refractivity contribution in [3.8, 4) is 0 Å². The van der Waals surface area contributed by atoms with Crippen LogP contribution in [0.25, 0.3) is 0 Å². The maximum absolute atomic E-state index is 13.4. The molecule has 0 aliphatic carbocycles. The molecule has 19 heavy (non-hydrogen) atoms. The Bertz CT molecular complexity index is 466. The molecule has 0 aliphatic heterocycles. The highest BCUT2D eigenvalue weighted by Crippen LogP contribution is 2.27. The Hall–Kier alpha value is -1.49. The third kappa shape index (κ3) is 4.28. The molecule has 0 bridgehead atoms. The summed E-state index contributed by atoms with van der Waals surface area (Å²) in [5.74, 6) is -0.732. The normalized spacial score (nSPS) is 12.3. The molecule has 0 spiro atoms. The molecule has 0 saturated carbocycles. The molecular weight excluding hydrogens is 271 g/mol. The van der Waals surface area contributed by atoms with Crippen molar-refractivity contribution in [3.63, 3.8) is 0 Å². The summed E-state index contributed by atoms with van der Waals surface area (Å²) in [7, 11) is 1.31. The number of rotatable bonds is 5. The van der Waals surface area contributed by atoms with Gasteiger partial charge in [0.15, 0.2) is 0 Å². The number of hydrogen-bond acceptors (Lipinski definition) is 4. The zero-order valence-electron chi connectivity index (χ0n) is 11.2. The van der Waals surface area contributed by atoms with E-state index in [2.05, 4.69) is 5.32 Å². The van der Waals surface area contributed by atoms with Crippen LogP contribution in [-0.4, -0.2) is 19.1 Å². The number of nitrogens with one attached hydrogen (secondary N) is 1. The van der Waals surface area contributed by atoms with Gasteiger partial charge in [-0.25, -0.2) is 9.18 Å². The molecule has 1 aromatic carbocycles. The Kier molecular flexibility index (Phi) is 5.42. The summed E-state index contributed by atoms with van der Waals surface area (Å²) < 4.78 is 18.1. The number of hydrogen-bond donors (Lipinski definition) is 2. The molecule has 0 aliphatic rings. The fourth-order valence-electron chi connectivity index (χ4n) is 1.70. The van der Waals surface area contributed by atoms with E-state index in [1.807, 2.05) is 13.8 Å². The lowest BCUT2D eigenvalue weighted by molar-refractivity contribution is -0.141. The van der Waals surface area contributed by atoms with E-state index >= 15 is 0 Å². The number of anilines is 2. The number of benzene rings is 1. The fraction of sp³-hybridized carbons (Fsp3) is 0.462. The van der Waals surface area contributed by atoms with Crippen LogP contribution in [0.1, 0.15) is 20.3 Å². The lowest BCUT2D eigenvalue weighted by atomic mass is 10.0. The maximum atomic E-state index is 13.4. The van der Waals surface area contributed by atoms with Crippen molar-refractivity contribution >= 4 is 28.9 Å². The zero-order valence-corrected chi connectivity index (χ0v) is 11.9. The zero-order chi connectivity index (χ0) is 14.6. The van der Waals surface area contributed by atoms with Gasteiger partial charge in [-0.2, -0.15) is 0 Å². The minimum absolute atomic E-state index is 0.0541. The Morgan fingerprint density at radius 1 is 1.53 bits per heavy atom. The number of carbonyl (C=O) groups excluding carboxylic acids is 1. The van der Waals surface area contributed by atoms with E-state index in [0.29, 0.717) is 12.1 Å². The Morgan fingerprint density at radius 2 is 2.16 bits per heavy atom. The Morgan fingerprint density at radius 3 is 2.68 bits per heavy atom. The van der Waals surface area contributed by atoms with Gasteiger partial charge in [0.1, 0.15) is 11.9 Å². The first-order valence-electron chi connectivity index (χ1n) is 5.94. The molecule has 0 radical (unpaired) electrons. The van der Waals surface area contributed by atoms with Crippen LogP contribution in [0.5, 0.6) is 0 Å². The molecule has 0 saturated heterocycles. The molecule has 1 aromatic rings. The summed E-state index contributed by atoms with van der Waals surface area (Å²) >= 11 is 5.62. The van der Waals surface area contributed by atoms with Crippen LogP contribution in [0.2, 0.25) is 5.02 Å². The SMILES string of the molecule is COC(=O)C(CC(C)C)Nc1cc(F)c(Cl)cc1N. The van der Waals surface area contributed by atoms with E-state index in [1.165, 1.54) is 19.2 Å². The summed E-state index contributed by atoms with van der Waals surface area (Å²) in [6.45, 7) is 3.95. The Balaban J connectivity index is 2.96. The van der Waals surface area contributed by atoms with Crippen molar-refractivity contribution in [2.75, 3.05) is 18.2 Å². The van der Waals surface area contributed by atoms with Crippen molar-refractivity contribution in [1.29, 1.82) is 0 Å². The van der Waals surface area contributed by atoms with Crippen molar-refractivity contribution in [3.05, 3.63) is 23.0 Å². The monoisotopic (exact) mass is 288 g/mol. The van der Waals surface area contributed by atoms with Crippen LogP contribution in [0, 0.1) is 11.7 Å². The fourth-order valence-corrected chi connectivity index (χ4v) is 1.87. The van der Waals surface area contributed by atoms with E-state index < -0.39 is 17.8 Å². The van der Waals surface area contributed by atoms with Crippen molar-refractivity contribution in [2.45, 2.75) is 26.3 Å². The first kappa shape index (κ1) is 15.6. The number of methoxy groups -OCH3 is 1. The first-order valence-corrected chi connectivity index (χ1v) is 6.31. The summed E-state index contributed by atoms with van der Waals surface area (Å²) in [6.07, 6.45) is 0.552. The van der Waals surface area contributed by atoms with Crippen LogP contribution < -0.4 is 11.1 Å². The van der Waals surface area contributed by atoms with Gasteiger partial charge in [0.05, 0.1) is 23.5 Å². The maximum Gasteiger partial charge on any atom is 0.328 e. The minimum Gasteiger partial charge on any atom is -0.467 e. The smallest absolute Gasteiger partial charge is 0.328 e. The van der Waals surface area contributed by atoms with Crippen molar-refractivity contribution < 1.29 is 13.9 Å². The third-order valence-electron chi connectivity index (χ3n) is 2.61. The number of carbonyl (C=O) groups is 1. The molecule has 0 fully saturated rings. The second kappa shape index (κ2) is 6.61. The average Bonchev–Trinajstić information content (AvgIpc) is 2.33. The quantitative estimate of drug-likeness (QED) is 0.645. The summed E-state index contributed by atoms with van der Waals surface area (Å²) in [4.78, 5) is 11.7. The lowest BCUT2D eigenvalue weighted by Gasteiger charge is -2.20. The molecule has 6 heteroatoms. The molecular formula is C13H18ClFN2O2. The number of esters is 1. The number of nitrogens with two attached hydrogens (primary N) is 1. The van der Waals surface area contributed by atoms with Crippen LogP contribution in [-0.2, 0) is 9.53 Å². The highest BCUT2D eigenvalue weighted by Gasteiger charge is 2.21. The van der Waals surface area contributed by atoms with Gasteiger partial charge in [-0.3, -0.25) is 0 Å². The molecule has 0 aromatic heterocycles. The molecule has 4 nitrogen and oxygen atoms in total. The number of nitrogen functional groups attached to an aromatic ring is 1. The van der Waals surface area contributed by atoms with Crippen molar-refractivity contribution in [1.82, 2.24) is 0 Å². The Labute approximate surface area is 117 Å². The summed E-state index contributed by atoms with van der Waals surface area (Å²) in [6, 6.07) is 1.91. The summed E-state index contributed by atoms with van der Waals surface area (Å²) in [5.41, 5.74) is 6.36. The van der Waals surface area contributed by atoms with Crippen LogP contribution in [0.3, 0.4) is 0 Å². The highest BCUT2D eigenvalue weighted by atomic mass is 35.5. The van der Waals surface area contributed by atoms with Crippen LogP contribution >= 0.6 is 11.6 Å².